The number of carbonyl (C=O) groups is 2. The number of hydrogen-bond donors (Lipinski definition) is 1. The summed E-state index contributed by atoms with van der Waals surface area (Å²) >= 11 is 0. The Hall–Kier alpha value is -2.04. The molecule has 1 aromatic rings. The molecule has 5 nitrogen and oxygen atoms in total. The van der Waals surface area contributed by atoms with Crippen molar-refractivity contribution in [2.75, 3.05) is 0 Å². The minimum Gasteiger partial charge on any atom is -0.479 e. The molecule has 1 aliphatic rings. The maximum Gasteiger partial charge on any atom is 0.411 e. The van der Waals surface area contributed by atoms with Crippen molar-refractivity contribution in [3.05, 3.63) is 35.9 Å². The Morgan fingerprint density at radius 3 is 2.39 bits per heavy atom. The second-order valence-electron chi connectivity index (χ2n) is 6.08. The van der Waals surface area contributed by atoms with Crippen LogP contribution in [0.4, 0.5) is 4.79 Å². The van der Waals surface area contributed by atoms with E-state index in [0.29, 0.717) is 19.3 Å². The number of benzene rings is 1. The smallest absolute Gasteiger partial charge is 0.411 e. The number of rotatable bonds is 8. The molecule has 1 atom stereocenters. The van der Waals surface area contributed by atoms with Gasteiger partial charge < -0.3 is 9.84 Å². The summed E-state index contributed by atoms with van der Waals surface area (Å²) < 4.78 is 5.42. The molecule has 126 valence electrons. The number of carboxylic acids is 1. The van der Waals surface area contributed by atoms with E-state index >= 15 is 0 Å². The van der Waals surface area contributed by atoms with Crippen molar-refractivity contribution in [2.24, 2.45) is 0 Å². The highest BCUT2D eigenvalue weighted by atomic mass is 16.6. The molecule has 0 aromatic heterocycles. The Morgan fingerprint density at radius 2 is 1.91 bits per heavy atom. The van der Waals surface area contributed by atoms with Crippen LogP contribution in [0, 0.1) is 0 Å². The maximum absolute atomic E-state index is 12.6. The Labute approximate surface area is 137 Å². The molecule has 0 radical (unpaired) electrons. The van der Waals surface area contributed by atoms with E-state index in [9.17, 15) is 14.7 Å². The lowest BCUT2D eigenvalue weighted by Gasteiger charge is -2.39. The largest absolute Gasteiger partial charge is 0.479 e. The van der Waals surface area contributed by atoms with Gasteiger partial charge in [0.15, 0.2) is 0 Å². The Morgan fingerprint density at radius 1 is 1.26 bits per heavy atom. The zero-order chi connectivity index (χ0) is 16.9. The number of carbonyl (C=O) groups excluding carboxylic acids is 1. The van der Waals surface area contributed by atoms with Crippen LogP contribution < -0.4 is 0 Å². The zero-order valence-electron chi connectivity index (χ0n) is 13.8. The van der Waals surface area contributed by atoms with Crippen molar-refractivity contribution in [3.63, 3.8) is 0 Å². The summed E-state index contributed by atoms with van der Waals surface area (Å²) in [4.78, 5) is 26.1. The first kappa shape index (κ1) is 17.3. The number of hydrogen-bond acceptors (Lipinski definition) is 3. The number of amides is 1. The molecule has 1 saturated carbocycles. The Bertz CT molecular complexity index is 541. The van der Waals surface area contributed by atoms with Crippen molar-refractivity contribution in [3.8, 4) is 0 Å². The summed E-state index contributed by atoms with van der Waals surface area (Å²) in [6.45, 7) is 3.92. The molecule has 0 bridgehead atoms. The standard InChI is InChI=1S/C18H25NO4/c1-3-12-18(4-2,16(20)21)19(15-10-11-15)17(22)23-13-14-8-6-5-7-9-14/h5-9,15H,3-4,10-13H2,1-2H3,(H,20,21). The lowest BCUT2D eigenvalue weighted by atomic mass is 9.88. The quantitative estimate of drug-likeness (QED) is 0.791. The van der Waals surface area contributed by atoms with Crippen molar-refractivity contribution >= 4 is 12.1 Å². The van der Waals surface area contributed by atoms with E-state index in [1.807, 2.05) is 44.2 Å². The fraction of sp³-hybridized carbons (Fsp3) is 0.556. The maximum atomic E-state index is 12.6. The van der Waals surface area contributed by atoms with Crippen LogP contribution in [0.3, 0.4) is 0 Å². The van der Waals surface area contributed by atoms with Gasteiger partial charge in [-0.2, -0.15) is 0 Å². The van der Waals surface area contributed by atoms with E-state index < -0.39 is 17.6 Å². The summed E-state index contributed by atoms with van der Waals surface area (Å²) in [6.07, 6.45) is 2.70. The summed E-state index contributed by atoms with van der Waals surface area (Å²) in [5.74, 6) is -0.939. The number of carboxylic acid groups (broad SMARTS) is 1. The summed E-state index contributed by atoms with van der Waals surface area (Å²) in [7, 11) is 0. The molecule has 23 heavy (non-hydrogen) atoms. The van der Waals surface area contributed by atoms with Crippen molar-refractivity contribution in [2.45, 2.75) is 64.1 Å². The van der Waals surface area contributed by atoms with E-state index in [4.69, 9.17) is 4.74 Å². The molecule has 5 heteroatoms. The van der Waals surface area contributed by atoms with Crippen LogP contribution in [0.5, 0.6) is 0 Å². The molecule has 1 unspecified atom stereocenters. The van der Waals surface area contributed by atoms with E-state index in [1.165, 1.54) is 4.90 Å². The van der Waals surface area contributed by atoms with Gasteiger partial charge in [-0.05, 0) is 31.2 Å². The van der Waals surface area contributed by atoms with Crippen LogP contribution in [0.15, 0.2) is 30.3 Å². The third-order valence-electron chi connectivity index (χ3n) is 4.42. The number of nitrogens with zero attached hydrogens (tertiary/aromatic N) is 1. The van der Waals surface area contributed by atoms with E-state index in [1.54, 1.807) is 0 Å². The highest BCUT2D eigenvalue weighted by Gasteiger charge is 2.51. The molecule has 1 aliphatic carbocycles. The highest BCUT2D eigenvalue weighted by molar-refractivity contribution is 5.85. The summed E-state index contributed by atoms with van der Waals surface area (Å²) in [6, 6.07) is 9.41. The molecular formula is C18H25NO4. The van der Waals surface area contributed by atoms with Crippen molar-refractivity contribution in [1.82, 2.24) is 4.90 Å². The predicted molar refractivity (Wildman–Crippen MR) is 87.1 cm³/mol. The third kappa shape index (κ3) is 3.84. The Kier molecular flexibility index (Phi) is 5.64. The normalized spacial score (nSPS) is 16.4. The van der Waals surface area contributed by atoms with E-state index in [2.05, 4.69) is 0 Å². The monoisotopic (exact) mass is 319 g/mol. The van der Waals surface area contributed by atoms with Crippen LogP contribution in [0.25, 0.3) is 0 Å². The van der Waals surface area contributed by atoms with Crippen LogP contribution >= 0.6 is 0 Å². The molecule has 0 heterocycles. The fourth-order valence-corrected chi connectivity index (χ4v) is 3.04. The topological polar surface area (TPSA) is 66.8 Å². The molecule has 1 N–H and O–H groups in total. The second kappa shape index (κ2) is 7.49. The van der Waals surface area contributed by atoms with Crippen molar-refractivity contribution in [1.29, 1.82) is 0 Å². The van der Waals surface area contributed by atoms with Gasteiger partial charge in [0, 0.05) is 6.04 Å². The number of aliphatic carboxylic acids is 1. The van der Waals surface area contributed by atoms with Gasteiger partial charge in [-0.15, -0.1) is 0 Å². The van der Waals surface area contributed by atoms with Gasteiger partial charge in [-0.25, -0.2) is 9.59 Å². The van der Waals surface area contributed by atoms with Crippen LogP contribution in [0.1, 0.15) is 51.5 Å². The zero-order valence-corrected chi connectivity index (χ0v) is 13.8. The minimum atomic E-state index is -1.16. The van der Waals surface area contributed by atoms with Gasteiger partial charge in [-0.3, -0.25) is 4.90 Å². The van der Waals surface area contributed by atoms with Gasteiger partial charge in [0.1, 0.15) is 12.1 Å². The minimum absolute atomic E-state index is 0.0131. The average molecular weight is 319 g/mol. The SMILES string of the molecule is CCCC(CC)(C(=O)O)N(C(=O)OCc1ccccc1)C1CC1. The lowest BCUT2D eigenvalue weighted by Crippen LogP contribution is -2.58. The third-order valence-corrected chi connectivity index (χ3v) is 4.42. The number of ether oxygens (including phenoxy) is 1. The first-order valence-corrected chi connectivity index (χ1v) is 8.28. The molecule has 1 aromatic carbocycles. The first-order chi connectivity index (χ1) is 11.0. The highest BCUT2D eigenvalue weighted by Crippen LogP contribution is 2.38. The van der Waals surface area contributed by atoms with Gasteiger partial charge >= 0.3 is 12.1 Å². The fourth-order valence-electron chi connectivity index (χ4n) is 3.04. The van der Waals surface area contributed by atoms with Crippen molar-refractivity contribution < 1.29 is 19.4 Å². The van der Waals surface area contributed by atoms with Gasteiger partial charge in [0.05, 0.1) is 0 Å². The molecule has 1 amide bonds. The lowest BCUT2D eigenvalue weighted by molar-refractivity contribution is -0.152. The predicted octanol–water partition coefficient (Wildman–Crippen LogP) is 3.82. The molecular weight excluding hydrogens is 294 g/mol. The summed E-state index contributed by atoms with van der Waals surface area (Å²) in [5.41, 5.74) is -0.270. The second-order valence-corrected chi connectivity index (χ2v) is 6.08. The summed E-state index contributed by atoms with van der Waals surface area (Å²) in [5, 5.41) is 9.79. The molecule has 0 aliphatic heterocycles. The molecule has 0 spiro atoms. The van der Waals surface area contributed by atoms with Crippen LogP contribution in [-0.4, -0.2) is 33.6 Å². The van der Waals surface area contributed by atoms with Crippen LogP contribution in [0.2, 0.25) is 0 Å². The van der Waals surface area contributed by atoms with Gasteiger partial charge in [0.25, 0.3) is 0 Å². The van der Waals surface area contributed by atoms with E-state index in [0.717, 1.165) is 18.4 Å². The molecule has 0 saturated heterocycles. The van der Waals surface area contributed by atoms with E-state index in [-0.39, 0.29) is 12.6 Å². The molecule has 2 rings (SSSR count). The average Bonchev–Trinajstić information content (AvgIpc) is 3.37. The molecule has 1 fully saturated rings. The first-order valence-electron chi connectivity index (χ1n) is 8.28. The van der Waals surface area contributed by atoms with Gasteiger partial charge in [-0.1, -0.05) is 50.6 Å². The Balaban J connectivity index is 2.15. The van der Waals surface area contributed by atoms with Crippen LogP contribution in [-0.2, 0) is 16.1 Å². The van der Waals surface area contributed by atoms with Gasteiger partial charge in [0.2, 0.25) is 0 Å².